The monoisotopic (exact) mass is 449 g/mol. The van der Waals surface area contributed by atoms with Crippen LogP contribution in [0.1, 0.15) is 39.2 Å². The fraction of sp³-hybridized carbons (Fsp3) is 0.611. The third-order valence-corrected chi connectivity index (χ3v) is 3.32. The summed E-state index contributed by atoms with van der Waals surface area (Å²) < 4.78 is 11.1. The van der Waals surface area contributed by atoms with E-state index in [1.165, 1.54) is 0 Å². The second kappa shape index (κ2) is 14.3. The lowest BCUT2D eigenvalue weighted by Crippen LogP contribution is -2.32. The van der Waals surface area contributed by atoms with Crippen LogP contribution in [0.4, 0.5) is 0 Å². The molecule has 1 aromatic carbocycles. The van der Waals surface area contributed by atoms with E-state index in [0.29, 0.717) is 18.4 Å². The normalized spacial score (nSPS) is 11.2. The predicted octanol–water partition coefficient (Wildman–Crippen LogP) is 3.56. The van der Waals surface area contributed by atoms with Gasteiger partial charge in [0.1, 0.15) is 5.75 Å². The first-order valence-electron chi connectivity index (χ1n) is 8.45. The van der Waals surface area contributed by atoms with E-state index in [0.717, 1.165) is 50.5 Å². The first kappa shape index (κ1) is 23.0. The Morgan fingerprint density at radius 1 is 1.25 bits per heavy atom. The molecule has 0 amide bonds. The average Bonchev–Trinajstić information content (AvgIpc) is 2.53. The van der Waals surface area contributed by atoms with Crippen LogP contribution in [0.15, 0.2) is 29.3 Å². The number of benzene rings is 1. The number of nitrogens with one attached hydrogen (secondary N) is 1. The molecule has 0 unspecified atom stereocenters. The van der Waals surface area contributed by atoms with Gasteiger partial charge in [0.15, 0.2) is 5.96 Å². The number of nitrogens with two attached hydrogens (primary N) is 1. The molecule has 138 valence electrons. The summed E-state index contributed by atoms with van der Waals surface area (Å²) in [5, 5.41) is 3.10. The molecule has 0 aliphatic rings. The molecule has 0 spiro atoms. The van der Waals surface area contributed by atoms with Gasteiger partial charge in [0.25, 0.3) is 0 Å². The quantitative estimate of drug-likeness (QED) is 0.235. The Balaban J connectivity index is 0.00000529. The molecule has 0 aliphatic heterocycles. The van der Waals surface area contributed by atoms with Crippen LogP contribution in [0.3, 0.4) is 0 Å². The number of para-hydroxylation sites is 1. The van der Waals surface area contributed by atoms with Gasteiger partial charge in [-0.15, -0.1) is 24.0 Å². The van der Waals surface area contributed by atoms with Crippen molar-refractivity contribution < 1.29 is 9.47 Å². The Bertz CT molecular complexity index is 467. The predicted molar refractivity (Wildman–Crippen MR) is 111 cm³/mol. The first-order valence-corrected chi connectivity index (χ1v) is 8.45. The molecular weight excluding hydrogens is 417 g/mol. The minimum absolute atomic E-state index is 0. The summed E-state index contributed by atoms with van der Waals surface area (Å²) in [6.45, 7) is 9.87. The van der Waals surface area contributed by atoms with Gasteiger partial charge < -0.3 is 20.5 Å². The maximum Gasteiger partial charge on any atom is 0.188 e. The Morgan fingerprint density at radius 3 is 2.71 bits per heavy atom. The van der Waals surface area contributed by atoms with Crippen LogP contribution < -0.4 is 15.8 Å². The molecule has 0 saturated heterocycles. The lowest BCUT2D eigenvalue weighted by atomic mass is 10.1. The van der Waals surface area contributed by atoms with Gasteiger partial charge in [-0.2, -0.15) is 0 Å². The summed E-state index contributed by atoms with van der Waals surface area (Å²) in [6, 6.07) is 7.98. The number of guanidine groups is 1. The van der Waals surface area contributed by atoms with Gasteiger partial charge in [-0.25, -0.2) is 4.99 Å². The largest absolute Gasteiger partial charge is 0.493 e. The van der Waals surface area contributed by atoms with Crippen molar-refractivity contribution in [2.24, 2.45) is 16.6 Å². The summed E-state index contributed by atoms with van der Waals surface area (Å²) >= 11 is 0. The van der Waals surface area contributed by atoms with Crippen molar-refractivity contribution >= 4 is 29.9 Å². The SMILES string of the molecule is CCOCCCNC(N)=NCc1ccccc1OCCC(C)C.I. The Labute approximate surface area is 163 Å². The molecule has 24 heavy (non-hydrogen) atoms. The molecule has 5 nitrogen and oxygen atoms in total. The van der Waals surface area contributed by atoms with E-state index in [2.05, 4.69) is 24.2 Å². The Kier molecular flexibility index (Phi) is 13.7. The zero-order chi connectivity index (χ0) is 16.9. The molecule has 1 rings (SSSR count). The summed E-state index contributed by atoms with van der Waals surface area (Å²) in [7, 11) is 0. The van der Waals surface area contributed by atoms with Gasteiger partial charge in [-0.05, 0) is 31.7 Å². The van der Waals surface area contributed by atoms with E-state index in [4.69, 9.17) is 15.2 Å². The highest BCUT2D eigenvalue weighted by Gasteiger charge is 2.03. The van der Waals surface area contributed by atoms with Crippen LogP contribution in [0.5, 0.6) is 5.75 Å². The molecule has 1 aromatic rings. The minimum atomic E-state index is 0. The van der Waals surface area contributed by atoms with E-state index in [1.807, 2.05) is 31.2 Å². The lowest BCUT2D eigenvalue weighted by molar-refractivity contribution is 0.145. The molecule has 0 aromatic heterocycles. The van der Waals surface area contributed by atoms with Crippen molar-refractivity contribution in [2.75, 3.05) is 26.4 Å². The summed E-state index contributed by atoms with van der Waals surface area (Å²) in [6.07, 6.45) is 1.96. The van der Waals surface area contributed by atoms with E-state index in [-0.39, 0.29) is 24.0 Å². The maximum absolute atomic E-state index is 5.88. The molecule has 0 saturated carbocycles. The maximum atomic E-state index is 5.88. The number of ether oxygens (including phenoxy) is 2. The van der Waals surface area contributed by atoms with Crippen LogP contribution in [0.25, 0.3) is 0 Å². The Morgan fingerprint density at radius 2 is 2.00 bits per heavy atom. The zero-order valence-electron chi connectivity index (χ0n) is 15.1. The molecule has 0 atom stereocenters. The van der Waals surface area contributed by atoms with Crippen LogP contribution in [-0.2, 0) is 11.3 Å². The highest BCUT2D eigenvalue weighted by Crippen LogP contribution is 2.19. The topological polar surface area (TPSA) is 68.9 Å². The number of hydrogen-bond acceptors (Lipinski definition) is 3. The Hall–Kier alpha value is -1.02. The summed E-state index contributed by atoms with van der Waals surface area (Å²) in [5.74, 6) is 1.98. The number of halogens is 1. The smallest absolute Gasteiger partial charge is 0.188 e. The second-order valence-corrected chi connectivity index (χ2v) is 5.82. The molecule has 6 heteroatoms. The van der Waals surface area contributed by atoms with E-state index < -0.39 is 0 Å². The summed E-state index contributed by atoms with van der Waals surface area (Å²) in [5.41, 5.74) is 6.93. The fourth-order valence-electron chi connectivity index (χ4n) is 1.94. The molecule has 0 aliphatic carbocycles. The van der Waals surface area contributed by atoms with Crippen LogP contribution >= 0.6 is 24.0 Å². The van der Waals surface area contributed by atoms with E-state index in [9.17, 15) is 0 Å². The van der Waals surface area contributed by atoms with Crippen molar-refractivity contribution in [2.45, 2.75) is 40.2 Å². The number of rotatable bonds is 11. The minimum Gasteiger partial charge on any atom is -0.493 e. The fourth-order valence-corrected chi connectivity index (χ4v) is 1.94. The standard InChI is InChI=1S/C18H31N3O2.HI/c1-4-22-12-7-11-20-18(19)21-14-16-8-5-6-9-17(16)23-13-10-15(2)3;/h5-6,8-9,15H,4,7,10-14H2,1-3H3,(H3,19,20,21);1H. The van der Waals surface area contributed by atoms with Gasteiger partial charge in [-0.3, -0.25) is 0 Å². The van der Waals surface area contributed by atoms with E-state index in [1.54, 1.807) is 0 Å². The number of hydrogen-bond donors (Lipinski definition) is 2. The van der Waals surface area contributed by atoms with Gasteiger partial charge in [-0.1, -0.05) is 32.0 Å². The zero-order valence-corrected chi connectivity index (χ0v) is 17.4. The van der Waals surface area contributed by atoms with Gasteiger partial charge >= 0.3 is 0 Å². The number of nitrogens with zero attached hydrogens (tertiary/aromatic N) is 1. The van der Waals surface area contributed by atoms with Crippen LogP contribution in [0.2, 0.25) is 0 Å². The molecule has 0 heterocycles. The van der Waals surface area contributed by atoms with Crippen molar-refractivity contribution in [1.29, 1.82) is 0 Å². The molecule has 0 bridgehead atoms. The van der Waals surface area contributed by atoms with Gasteiger partial charge in [0.05, 0.1) is 13.2 Å². The van der Waals surface area contributed by atoms with Crippen LogP contribution in [-0.4, -0.2) is 32.3 Å². The molecular formula is C18H32IN3O2. The van der Waals surface area contributed by atoms with Gasteiger partial charge in [0.2, 0.25) is 0 Å². The van der Waals surface area contributed by atoms with Crippen molar-refractivity contribution in [1.82, 2.24) is 5.32 Å². The van der Waals surface area contributed by atoms with Crippen molar-refractivity contribution in [3.05, 3.63) is 29.8 Å². The highest BCUT2D eigenvalue weighted by molar-refractivity contribution is 14.0. The average molecular weight is 449 g/mol. The number of aliphatic imine (C=N–C) groups is 1. The second-order valence-electron chi connectivity index (χ2n) is 5.82. The van der Waals surface area contributed by atoms with E-state index >= 15 is 0 Å². The first-order chi connectivity index (χ1) is 11.1. The van der Waals surface area contributed by atoms with Crippen LogP contribution in [0, 0.1) is 5.92 Å². The molecule has 0 fully saturated rings. The van der Waals surface area contributed by atoms with Crippen molar-refractivity contribution in [3.8, 4) is 5.75 Å². The molecule has 3 N–H and O–H groups in total. The van der Waals surface area contributed by atoms with Crippen molar-refractivity contribution in [3.63, 3.8) is 0 Å². The molecule has 0 radical (unpaired) electrons. The summed E-state index contributed by atoms with van der Waals surface area (Å²) in [4.78, 5) is 4.38. The third-order valence-electron chi connectivity index (χ3n) is 3.32. The third kappa shape index (κ3) is 10.7. The highest BCUT2D eigenvalue weighted by atomic mass is 127. The van der Waals surface area contributed by atoms with Gasteiger partial charge in [0, 0.05) is 25.3 Å². The lowest BCUT2D eigenvalue weighted by Gasteiger charge is -2.12.